The van der Waals surface area contributed by atoms with E-state index in [1.54, 1.807) is 0 Å². The lowest BCUT2D eigenvalue weighted by atomic mass is 10.2. The maximum Gasteiger partial charge on any atom is 0.151 e. The molecule has 2 aromatic rings. The number of hydrogen-bond donors (Lipinski definition) is 4. The predicted molar refractivity (Wildman–Crippen MR) is 85.0 cm³/mol. The zero-order valence-corrected chi connectivity index (χ0v) is 13.0. The van der Waals surface area contributed by atoms with Crippen molar-refractivity contribution in [1.82, 2.24) is 19.9 Å². The van der Waals surface area contributed by atoms with Gasteiger partial charge < -0.3 is 20.9 Å². The lowest BCUT2D eigenvalue weighted by Gasteiger charge is -2.23. The standard InChI is InChI=1S/C13H21N5O2S/c1-18(5-9(19)10(20)6-21-2)4-8-3-15-12-11(8)16-7-17-13(12)14/h3,7,9-10,15,19-20H,4-6H2,1-2H3,(H2,14,16,17)/t9-,10+/m1/s1. The summed E-state index contributed by atoms with van der Waals surface area (Å²) in [6, 6.07) is 0. The van der Waals surface area contributed by atoms with Crippen molar-refractivity contribution in [2.24, 2.45) is 0 Å². The third-order valence-electron chi connectivity index (χ3n) is 3.29. The Bertz CT molecular complexity index is 591. The topological polar surface area (TPSA) is 111 Å². The number of thioether (sulfide) groups is 1. The second-order valence-electron chi connectivity index (χ2n) is 5.08. The first kappa shape index (κ1) is 16.0. The van der Waals surface area contributed by atoms with E-state index in [-0.39, 0.29) is 0 Å². The number of fused-ring (bicyclic) bond motifs is 1. The quantitative estimate of drug-likeness (QED) is 0.572. The van der Waals surface area contributed by atoms with Crippen LogP contribution >= 0.6 is 11.8 Å². The molecule has 0 aliphatic carbocycles. The number of hydrogen-bond acceptors (Lipinski definition) is 7. The molecule has 2 heterocycles. The summed E-state index contributed by atoms with van der Waals surface area (Å²) in [5, 5.41) is 19.7. The van der Waals surface area contributed by atoms with Crippen LogP contribution in [0.2, 0.25) is 0 Å². The molecule has 0 spiro atoms. The molecule has 116 valence electrons. The van der Waals surface area contributed by atoms with Crippen LogP contribution in [0.5, 0.6) is 0 Å². The van der Waals surface area contributed by atoms with Crippen LogP contribution in [0.15, 0.2) is 12.5 Å². The Kier molecular flexibility index (Phi) is 5.40. The minimum atomic E-state index is -0.771. The van der Waals surface area contributed by atoms with E-state index in [1.165, 1.54) is 18.1 Å². The SMILES string of the molecule is CSC[C@H](O)[C@H](O)CN(C)Cc1c[nH]c2c(N)ncnc12. The van der Waals surface area contributed by atoms with Gasteiger partial charge in [0.15, 0.2) is 5.82 Å². The van der Waals surface area contributed by atoms with E-state index in [1.807, 2.05) is 24.4 Å². The molecule has 0 aliphatic heterocycles. The van der Waals surface area contributed by atoms with Crippen molar-refractivity contribution < 1.29 is 10.2 Å². The molecule has 21 heavy (non-hydrogen) atoms. The average molecular weight is 311 g/mol. The first-order chi connectivity index (χ1) is 10.0. The van der Waals surface area contributed by atoms with Crippen LogP contribution in [0.3, 0.4) is 0 Å². The number of nitrogens with zero attached hydrogens (tertiary/aromatic N) is 3. The molecule has 5 N–H and O–H groups in total. The number of H-pyrrole nitrogens is 1. The molecular weight excluding hydrogens is 290 g/mol. The smallest absolute Gasteiger partial charge is 0.151 e. The first-order valence-corrected chi connectivity index (χ1v) is 8.02. The van der Waals surface area contributed by atoms with Gasteiger partial charge in [-0.3, -0.25) is 4.90 Å². The number of nitrogens with two attached hydrogens (primary N) is 1. The molecule has 0 saturated heterocycles. The fraction of sp³-hybridized carbons (Fsp3) is 0.538. The minimum absolute atomic E-state index is 0.384. The number of aromatic amines is 1. The van der Waals surface area contributed by atoms with Crippen molar-refractivity contribution in [3.8, 4) is 0 Å². The van der Waals surface area contributed by atoms with Crippen LogP contribution in [0.25, 0.3) is 11.0 Å². The summed E-state index contributed by atoms with van der Waals surface area (Å²) in [5.41, 5.74) is 8.27. The highest BCUT2D eigenvalue weighted by molar-refractivity contribution is 7.98. The third-order valence-corrected chi connectivity index (χ3v) is 3.97. The Balaban J connectivity index is 2.01. The van der Waals surface area contributed by atoms with E-state index in [0.29, 0.717) is 24.7 Å². The van der Waals surface area contributed by atoms with Crippen molar-refractivity contribution in [1.29, 1.82) is 0 Å². The Morgan fingerprint density at radius 3 is 2.86 bits per heavy atom. The van der Waals surface area contributed by atoms with Gasteiger partial charge in [0.05, 0.1) is 17.7 Å². The molecule has 0 aliphatic rings. The number of nitrogen functional groups attached to an aromatic ring is 1. The predicted octanol–water partition coefficient (Wildman–Crippen LogP) is 0.0567. The number of aliphatic hydroxyl groups is 2. The van der Waals surface area contributed by atoms with E-state index in [0.717, 1.165) is 16.6 Å². The summed E-state index contributed by atoms with van der Waals surface area (Å²) in [5.74, 6) is 0.940. The Hall–Kier alpha value is -1.35. The van der Waals surface area contributed by atoms with Crippen LogP contribution in [-0.2, 0) is 6.54 Å². The van der Waals surface area contributed by atoms with Gasteiger partial charge in [0.2, 0.25) is 0 Å². The molecule has 2 aromatic heterocycles. The molecule has 8 heteroatoms. The van der Waals surface area contributed by atoms with Crippen LogP contribution < -0.4 is 5.73 Å². The number of likely N-dealkylation sites (N-methyl/N-ethyl adjacent to an activating group) is 1. The Morgan fingerprint density at radius 2 is 2.14 bits per heavy atom. The summed E-state index contributed by atoms with van der Waals surface area (Å²) in [4.78, 5) is 13.2. The number of nitrogens with one attached hydrogen (secondary N) is 1. The lowest BCUT2D eigenvalue weighted by molar-refractivity contribution is 0.0137. The van der Waals surface area contributed by atoms with Crippen LogP contribution in [0.1, 0.15) is 5.56 Å². The second kappa shape index (κ2) is 7.08. The summed E-state index contributed by atoms with van der Waals surface area (Å²) < 4.78 is 0. The van der Waals surface area contributed by atoms with Gasteiger partial charge in [-0.25, -0.2) is 9.97 Å². The van der Waals surface area contributed by atoms with Gasteiger partial charge in [-0.2, -0.15) is 11.8 Å². The lowest BCUT2D eigenvalue weighted by Crippen LogP contribution is -2.38. The molecule has 0 fully saturated rings. The van der Waals surface area contributed by atoms with Crippen molar-refractivity contribution in [3.05, 3.63) is 18.1 Å². The summed E-state index contributed by atoms with van der Waals surface area (Å²) >= 11 is 1.51. The zero-order chi connectivity index (χ0) is 15.4. The molecule has 0 unspecified atom stereocenters. The zero-order valence-electron chi connectivity index (χ0n) is 12.2. The molecule has 0 aromatic carbocycles. The van der Waals surface area contributed by atoms with Crippen LogP contribution in [0.4, 0.5) is 5.82 Å². The molecule has 0 radical (unpaired) electrons. The first-order valence-electron chi connectivity index (χ1n) is 6.63. The maximum absolute atomic E-state index is 9.95. The van der Waals surface area contributed by atoms with E-state index >= 15 is 0 Å². The van der Waals surface area contributed by atoms with Gasteiger partial charge in [-0.05, 0) is 13.3 Å². The van der Waals surface area contributed by atoms with Crippen molar-refractivity contribution in [3.63, 3.8) is 0 Å². The molecular formula is C13H21N5O2S. The van der Waals surface area contributed by atoms with Crippen LogP contribution in [0, 0.1) is 0 Å². The number of anilines is 1. The highest BCUT2D eigenvalue weighted by atomic mass is 32.2. The average Bonchev–Trinajstić information content (AvgIpc) is 2.83. The summed E-state index contributed by atoms with van der Waals surface area (Å²) in [7, 11) is 1.89. The van der Waals surface area contributed by atoms with Gasteiger partial charge in [-0.1, -0.05) is 0 Å². The number of aliphatic hydroxyl groups excluding tert-OH is 2. The van der Waals surface area contributed by atoms with Crippen LogP contribution in [-0.4, -0.2) is 67.9 Å². The molecule has 0 amide bonds. The number of rotatable bonds is 7. The monoisotopic (exact) mass is 311 g/mol. The highest BCUT2D eigenvalue weighted by Crippen LogP contribution is 2.20. The van der Waals surface area contributed by atoms with Crippen molar-refractivity contribution in [2.75, 3.05) is 31.3 Å². The minimum Gasteiger partial charge on any atom is -0.390 e. The van der Waals surface area contributed by atoms with E-state index < -0.39 is 12.2 Å². The molecule has 2 rings (SSSR count). The van der Waals surface area contributed by atoms with Gasteiger partial charge in [0.25, 0.3) is 0 Å². The van der Waals surface area contributed by atoms with Gasteiger partial charge in [0, 0.05) is 30.6 Å². The maximum atomic E-state index is 9.95. The second-order valence-corrected chi connectivity index (χ2v) is 5.99. The Labute approximate surface area is 127 Å². The van der Waals surface area contributed by atoms with Crippen molar-refractivity contribution >= 4 is 28.6 Å². The molecule has 0 bridgehead atoms. The summed E-state index contributed by atoms with van der Waals surface area (Å²) in [6.45, 7) is 0.981. The van der Waals surface area contributed by atoms with E-state index in [2.05, 4.69) is 15.0 Å². The van der Waals surface area contributed by atoms with E-state index in [9.17, 15) is 10.2 Å². The number of aromatic nitrogens is 3. The van der Waals surface area contributed by atoms with Gasteiger partial charge in [-0.15, -0.1) is 0 Å². The Morgan fingerprint density at radius 1 is 1.38 bits per heavy atom. The molecule has 0 saturated carbocycles. The molecule has 7 nitrogen and oxygen atoms in total. The summed E-state index contributed by atoms with van der Waals surface area (Å²) in [6.07, 6.45) is 3.69. The fourth-order valence-corrected chi connectivity index (χ4v) is 2.78. The fourth-order valence-electron chi connectivity index (χ4n) is 2.21. The van der Waals surface area contributed by atoms with Gasteiger partial charge in [0.1, 0.15) is 11.8 Å². The normalized spacial score (nSPS) is 14.7. The largest absolute Gasteiger partial charge is 0.390 e. The third kappa shape index (κ3) is 3.85. The van der Waals surface area contributed by atoms with E-state index in [4.69, 9.17) is 5.73 Å². The van der Waals surface area contributed by atoms with Crippen molar-refractivity contribution in [2.45, 2.75) is 18.8 Å². The molecule has 2 atom stereocenters. The van der Waals surface area contributed by atoms with Gasteiger partial charge >= 0.3 is 0 Å². The highest BCUT2D eigenvalue weighted by Gasteiger charge is 2.18.